The lowest BCUT2D eigenvalue weighted by atomic mass is 10.1. The Morgan fingerprint density at radius 2 is 1.65 bits per heavy atom. The standard InChI is InChI=1S/C21H23ClN2O7/c1-12-14(22)6-5-7-15(12)24-18(25)11-31-19(26)10-23-21(27)13-8-16(28-2)20(30-4)17(9-13)29-3/h5-9H,10-11H2,1-4H3,(H,23,27)(H,24,25). The van der Waals surface area contributed by atoms with Gasteiger partial charge in [-0.3, -0.25) is 14.4 Å². The van der Waals surface area contributed by atoms with Gasteiger partial charge < -0.3 is 29.6 Å². The van der Waals surface area contributed by atoms with E-state index in [4.69, 9.17) is 30.5 Å². The number of nitrogens with one attached hydrogen (secondary N) is 2. The van der Waals surface area contributed by atoms with Gasteiger partial charge in [0.05, 0.1) is 21.3 Å². The number of rotatable bonds is 9. The molecule has 0 radical (unpaired) electrons. The van der Waals surface area contributed by atoms with Crippen molar-refractivity contribution in [2.24, 2.45) is 0 Å². The monoisotopic (exact) mass is 450 g/mol. The van der Waals surface area contributed by atoms with Crippen LogP contribution in [0.3, 0.4) is 0 Å². The van der Waals surface area contributed by atoms with Crippen LogP contribution in [0.5, 0.6) is 17.2 Å². The summed E-state index contributed by atoms with van der Waals surface area (Å²) in [5, 5.41) is 5.52. The number of carbonyl (C=O) groups excluding carboxylic acids is 3. The van der Waals surface area contributed by atoms with Crippen molar-refractivity contribution in [2.75, 3.05) is 39.8 Å². The number of amides is 2. The molecule has 2 rings (SSSR count). The quantitative estimate of drug-likeness (QED) is 0.564. The van der Waals surface area contributed by atoms with E-state index < -0.39 is 30.9 Å². The minimum atomic E-state index is -0.779. The Balaban J connectivity index is 1.89. The van der Waals surface area contributed by atoms with Crippen LogP contribution < -0.4 is 24.8 Å². The highest BCUT2D eigenvalue weighted by Gasteiger charge is 2.18. The van der Waals surface area contributed by atoms with Crippen molar-refractivity contribution >= 4 is 35.1 Å². The molecule has 0 saturated carbocycles. The molecular weight excluding hydrogens is 428 g/mol. The van der Waals surface area contributed by atoms with Gasteiger partial charge in [0.15, 0.2) is 18.1 Å². The molecular formula is C21H23ClN2O7. The number of anilines is 1. The van der Waals surface area contributed by atoms with Crippen LogP contribution in [0, 0.1) is 6.92 Å². The first-order valence-electron chi connectivity index (χ1n) is 9.09. The van der Waals surface area contributed by atoms with E-state index in [0.29, 0.717) is 33.5 Å². The first-order valence-corrected chi connectivity index (χ1v) is 9.47. The van der Waals surface area contributed by atoms with Crippen molar-refractivity contribution in [1.82, 2.24) is 5.32 Å². The lowest BCUT2D eigenvalue weighted by molar-refractivity contribution is -0.146. The third kappa shape index (κ3) is 6.26. The maximum absolute atomic E-state index is 12.4. The van der Waals surface area contributed by atoms with Crippen molar-refractivity contribution in [3.8, 4) is 17.2 Å². The molecule has 9 nitrogen and oxygen atoms in total. The van der Waals surface area contributed by atoms with Gasteiger partial charge in [0.2, 0.25) is 5.75 Å². The van der Waals surface area contributed by atoms with E-state index in [1.54, 1.807) is 25.1 Å². The molecule has 0 atom stereocenters. The largest absolute Gasteiger partial charge is 0.493 e. The van der Waals surface area contributed by atoms with Crippen LogP contribution in [0.15, 0.2) is 30.3 Å². The van der Waals surface area contributed by atoms with Gasteiger partial charge in [0, 0.05) is 16.3 Å². The van der Waals surface area contributed by atoms with Crippen molar-refractivity contribution < 1.29 is 33.3 Å². The van der Waals surface area contributed by atoms with Crippen LogP contribution in [0.25, 0.3) is 0 Å². The third-order valence-corrected chi connectivity index (χ3v) is 4.64. The average Bonchev–Trinajstić information content (AvgIpc) is 2.77. The third-order valence-electron chi connectivity index (χ3n) is 4.23. The van der Waals surface area contributed by atoms with Gasteiger partial charge in [-0.2, -0.15) is 0 Å². The van der Waals surface area contributed by atoms with Gasteiger partial charge in [0.25, 0.3) is 11.8 Å². The summed E-state index contributed by atoms with van der Waals surface area (Å²) in [6.07, 6.45) is 0. The summed E-state index contributed by atoms with van der Waals surface area (Å²) in [7, 11) is 4.29. The molecule has 166 valence electrons. The summed E-state index contributed by atoms with van der Waals surface area (Å²) in [5.41, 5.74) is 1.40. The van der Waals surface area contributed by atoms with E-state index >= 15 is 0 Å². The zero-order valence-corrected chi connectivity index (χ0v) is 18.3. The molecule has 0 aliphatic heterocycles. The van der Waals surface area contributed by atoms with Crippen molar-refractivity contribution in [2.45, 2.75) is 6.92 Å². The number of methoxy groups -OCH3 is 3. The minimum Gasteiger partial charge on any atom is -0.493 e. The summed E-state index contributed by atoms with van der Waals surface area (Å²) >= 11 is 6.00. The fourth-order valence-corrected chi connectivity index (χ4v) is 2.77. The van der Waals surface area contributed by atoms with Crippen molar-refractivity contribution in [3.63, 3.8) is 0 Å². The van der Waals surface area contributed by atoms with E-state index in [1.165, 1.54) is 33.5 Å². The summed E-state index contributed by atoms with van der Waals surface area (Å²) in [5.74, 6) is -0.948. The summed E-state index contributed by atoms with van der Waals surface area (Å²) in [6, 6.07) is 7.96. The van der Waals surface area contributed by atoms with Crippen LogP contribution >= 0.6 is 11.6 Å². The van der Waals surface area contributed by atoms with E-state index in [-0.39, 0.29) is 5.56 Å². The second-order valence-electron chi connectivity index (χ2n) is 6.22. The first kappa shape index (κ1) is 23.8. The van der Waals surface area contributed by atoms with Crippen molar-refractivity contribution in [3.05, 3.63) is 46.5 Å². The molecule has 0 heterocycles. The van der Waals surface area contributed by atoms with Crippen LogP contribution in [-0.2, 0) is 14.3 Å². The Bertz CT molecular complexity index is 953. The molecule has 2 aromatic carbocycles. The molecule has 10 heteroatoms. The van der Waals surface area contributed by atoms with Gasteiger partial charge in [-0.05, 0) is 36.8 Å². The Morgan fingerprint density at radius 1 is 1.00 bits per heavy atom. The summed E-state index contributed by atoms with van der Waals surface area (Å²) < 4.78 is 20.5. The molecule has 2 amide bonds. The molecule has 2 aromatic rings. The summed E-state index contributed by atoms with van der Waals surface area (Å²) in [6.45, 7) is 0.812. The fraction of sp³-hybridized carbons (Fsp3) is 0.286. The fourth-order valence-electron chi connectivity index (χ4n) is 2.59. The lowest BCUT2D eigenvalue weighted by Gasteiger charge is -2.14. The number of halogens is 1. The topological polar surface area (TPSA) is 112 Å². The van der Waals surface area contributed by atoms with E-state index in [0.717, 1.165) is 0 Å². The number of ether oxygens (including phenoxy) is 4. The molecule has 0 fully saturated rings. The zero-order valence-electron chi connectivity index (χ0n) is 17.5. The molecule has 0 bridgehead atoms. The van der Waals surface area contributed by atoms with Gasteiger partial charge in [0.1, 0.15) is 6.54 Å². The van der Waals surface area contributed by atoms with Crippen LogP contribution in [-0.4, -0.2) is 52.3 Å². The number of hydrogen-bond acceptors (Lipinski definition) is 7. The maximum Gasteiger partial charge on any atom is 0.325 e. The van der Waals surface area contributed by atoms with Crippen molar-refractivity contribution in [1.29, 1.82) is 0 Å². The van der Waals surface area contributed by atoms with E-state index in [1.807, 2.05) is 0 Å². The second-order valence-corrected chi connectivity index (χ2v) is 6.63. The van der Waals surface area contributed by atoms with Gasteiger partial charge in [-0.15, -0.1) is 0 Å². The SMILES string of the molecule is COc1cc(C(=O)NCC(=O)OCC(=O)Nc2cccc(Cl)c2C)cc(OC)c1OC. The highest BCUT2D eigenvalue weighted by atomic mass is 35.5. The van der Waals surface area contributed by atoms with Crippen LogP contribution in [0.2, 0.25) is 5.02 Å². The molecule has 0 saturated heterocycles. The normalized spacial score (nSPS) is 10.1. The maximum atomic E-state index is 12.4. The molecule has 0 aromatic heterocycles. The Labute approximate surface area is 184 Å². The first-order chi connectivity index (χ1) is 14.8. The highest BCUT2D eigenvalue weighted by molar-refractivity contribution is 6.31. The summed E-state index contributed by atoms with van der Waals surface area (Å²) in [4.78, 5) is 36.3. The van der Waals surface area contributed by atoms with Gasteiger partial charge in [-0.25, -0.2) is 0 Å². The predicted octanol–water partition coefficient (Wildman–Crippen LogP) is 2.59. The molecule has 2 N–H and O–H groups in total. The molecule has 0 aliphatic carbocycles. The minimum absolute atomic E-state index is 0.191. The molecule has 0 spiro atoms. The lowest BCUT2D eigenvalue weighted by Crippen LogP contribution is -2.32. The number of hydrogen-bond donors (Lipinski definition) is 2. The van der Waals surface area contributed by atoms with E-state index in [2.05, 4.69) is 10.6 Å². The number of esters is 1. The van der Waals surface area contributed by atoms with Crippen LogP contribution in [0.1, 0.15) is 15.9 Å². The van der Waals surface area contributed by atoms with Gasteiger partial charge in [-0.1, -0.05) is 17.7 Å². The predicted molar refractivity (Wildman–Crippen MR) is 114 cm³/mol. The van der Waals surface area contributed by atoms with E-state index in [9.17, 15) is 14.4 Å². The highest BCUT2D eigenvalue weighted by Crippen LogP contribution is 2.38. The molecule has 31 heavy (non-hydrogen) atoms. The smallest absolute Gasteiger partial charge is 0.325 e. The molecule has 0 aliphatic rings. The number of carbonyl (C=O) groups is 3. The van der Waals surface area contributed by atoms with Crippen LogP contribution in [0.4, 0.5) is 5.69 Å². The number of benzene rings is 2. The Hall–Kier alpha value is -3.46. The average molecular weight is 451 g/mol. The molecule has 0 unspecified atom stereocenters. The van der Waals surface area contributed by atoms with Gasteiger partial charge >= 0.3 is 5.97 Å². The zero-order chi connectivity index (χ0) is 23.0. The Morgan fingerprint density at radius 3 is 2.23 bits per heavy atom. The second kappa shape index (κ2) is 11.1. The Kier molecular flexibility index (Phi) is 8.51.